The molecule has 1 amide bonds. The Bertz CT molecular complexity index is 466. The molecule has 0 saturated heterocycles. The van der Waals surface area contributed by atoms with E-state index in [1.807, 2.05) is 19.9 Å². The normalized spacial score (nSPS) is 18.3. The molecule has 0 aliphatic carbocycles. The number of hydrogen-bond acceptors (Lipinski definition) is 2. The molecule has 1 heterocycles. The van der Waals surface area contributed by atoms with Crippen LogP contribution in [0.1, 0.15) is 38.3 Å². The van der Waals surface area contributed by atoms with Crippen LogP contribution in [-0.4, -0.2) is 12.5 Å². The second-order valence-corrected chi connectivity index (χ2v) is 5.85. The van der Waals surface area contributed by atoms with Crippen molar-refractivity contribution in [2.75, 3.05) is 11.9 Å². The lowest BCUT2D eigenvalue weighted by molar-refractivity contribution is -0.119. The molecule has 2 rings (SSSR count). The van der Waals surface area contributed by atoms with Crippen LogP contribution >= 0.6 is 0 Å². The van der Waals surface area contributed by atoms with Crippen molar-refractivity contribution in [1.82, 2.24) is 0 Å². The number of fused-ring (bicyclic) bond motifs is 1. The van der Waals surface area contributed by atoms with Gasteiger partial charge < -0.3 is 11.1 Å². The van der Waals surface area contributed by atoms with Crippen molar-refractivity contribution in [2.24, 2.45) is 11.7 Å². The molecule has 0 spiro atoms. The number of amides is 1. The Hall–Kier alpha value is -1.35. The van der Waals surface area contributed by atoms with Crippen LogP contribution in [0.4, 0.5) is 5.69 Å². The van der Waals surface area contributed by atoms with Crippen molar-refractivity contribution in [3.8, 4) is 0 Å². The maximum atomic E-state index is 11.9. The number of anilines is 1. The van der Waals surface area contributed by atoms with Crippen molar-refractivity contribution in [2.45, 2.75) is 39.0 Å². The molecule has 0 bridgehead atoms. The first-order chi connectivity index (χ1) is 8.45. The lowest BCUT2D eigenvalue weighted by Crippen LogP contribution is -2.26. The molecule has 1 aromatic rings. The molecule has 0 saturated carbocycles. The van der Waals surface area contributed by atoms with Gasteiger partial charge in [-0.1, -0.05) is 19.1 Å². The Morgan fingerprint density at radius 1 is 1.39 bits per heavy atom. The smallest absolute Gasteiger partial charge is 0.234 e. The molecule has 1 atom stereocenters. The highest BCUT2D eigenvalue weighted by Crippen LogP contribution is 2.37. The Morgan fingerprint density at radius 3 is 2.78 bits per heavy atom. The SMILES string of the molecule is CC(CCN)Cc1ccc2c(c1)C(C)(C)C(=O)N2. The Balaban J connectivity index is 2.23. The highest BCUT2D eigenvalue weighted by Gasteiger charge is 2.38. The summed E-state index contributed by atoms with van der Waals surface area (Å²) >= 11 is 0. The summed E-state index contributed by atoms with van der Waals surface area (Å²) in [6.45, 7) is 6.90. The number of hydrogen-bond donors (Lipinski definition) is 2. The van der Waals surface area contributed by atoms with Crippen molar-refractivity contribution < 1.29 is 4.79 Å². The van der Waals surface area contributed by atoms with Gasteiger partial charge in [-0.3, -0.25) is 4.79 Å². The lowest BCUT2D eigenvalue weighted by Gasteiger charge is -2.17. The van der Waals surface area contributed by atoms with Gasteiger partial charge in [0.15, 0.2) is 0 Å². The Labute approximate surface area is 109 Å². The fraction of sp³-hybridized carbons (Fsp3) is 0.533. The number of carbonyl (C=O) groups is 1. The minimum Gasteiger partial charge on any atom is -0.330 e. The minimum absolute atomic E-state index is 0.0876. The molecule has 3 N–H and O–H groups in total. The van der Waals surface area contributed by atoms with Crippen LogP contribution in [0.5, 0.6) is 0 Å². The lowest BCUT2D eigenvalue weighted by atomic mass is 9.84. The van der Waals surface area contributed by atoms with Crippen molar-refractivity contribution in [3.63, 3.8) is 0 Å². The number of rotatable bonds is 4. The summed E-state index contributed by atoms with van der Waals surface area (Å²) in [4.78, 5) is 11.9. The van der Waals surface area contributed by atoms with Crippen LogP contribution in [0.3, 0.4) is 0 Å². The first-order valence-electron chi connectivity index (χ1n) is 6.60. The fourth-order valence-corrected chi connectivity index (χ4v) is 2.53. The average Bonchev–Trinajstić information content (AvgIpc) is 2.51. The predicted octanol–water partition coefficient (Wildman–Crippen LogP) is 2.44. The zero-order valence-electron chi connectivity index (χ0n) is 11.4. The van der Waals surface area contributed by atoms with Crippen molar-refractivity contribution in [3.05, 3.63) is 29.3 Å². The maximum Gasteiger partial charge on any atom is 0.234 e. The molecule has 3 heteroatoms. The first kappa shape index (κ1) is 13.1. The summed E-state index contributed by atoms with van der Waals surface area (Å²) in [5, 5.41) is 2.93. The van der Waals surface area contributed by atoms with Gasteiger partial charge in [-0.15, -0.1) is 0 Å². The molecule has 1 unspecified atom stereocenters. The Kier molecular flexibility index (Phi) is 3.44. The van der Waals surface area contributed by atoms with Gasteiger partial charge >= 0.3 is 0 Å². The third-order valence-electron chi connectivity index (χ3n) is 3.82. The molecule has 3 nitrogen and oxygen atoms in total. The Morgan fingerprint density at radius 2 is 2.11 bits per heavy atom. The molecule has 18 heavy (non-hydrogen) atoms. The van der Waals surface area contributed by atoms with E-state index in [0.29, 0.717) is 5.92 Å². The van der Waals surface area contributed by atoms with Gasteiger partial charge in [0.05, 0.1) is 5.41 Å². The van der Waals surface area contributed by atoms with Crippen LogP contribution < -0.4 is 11.1 Å². The summed E-state index contributed by atoms with van der Waals surface area (Å²) < 4.78 is 0. The molecule has 1 aromatic carbocycles. The van der Waals surface area contributed by atoms with Gasteiger partial charge in [-0.25, -0.2) is 0 Å². The summed E-state index contributed by atoms with van der Waals surface area (Å²) in [6, 6.07) is 6.29. The van der Waals surface area contributed by atoms with E-state index >= 15 is 0 Å². The van der Waals surface area contributed by atoms with Crippen LogP contribution in [0, 0.1) is 5.92 Å². The quantitative estimate of drug-likeness (QED) is 0.857. The average molecular weight is 246 g/mol. The van der Waals surface area contributed by atoms with Crippen LogP contribution in [0.15, 0.2) is 18.2 Å². The van der Waals surface area contributed by atoms with Crippen LogP contribution in [-0.2, 0) is 16.6 Å². The van der Waals surface area contributed by atoms with E-state index in [9.17, 15) is 4.79 Å². The van der Waals surface area contributed by atoms with Gasteiger partial charge in [-0.05, 0) is 56.3 Å². The van der Waals surface area contributed by atoms with Crippen LogP contribution in [0.2, 0.25) is 0 Å². The number of nitrogens with two attached hydrogens (primary N) is 1. The van der Waals surface area contributed by atoms with E-state index in [-0.39, 0.29) is 5.91 Å². The third kappa shape index (κ3) is 2.27. The van der Waals surface area contributed by atoms with E-state index in [0.717, 1.165) is 30.6 Å². The molecule has 0 aromatic heterocycles. The predicted molar refractivity (Wildman–Crippen MR) is 74.6 cm³/mol. The van der Waals surface area contributed by atoms with Gasteiger partial charge in [0.25, 0.3) is 0 Å². The highest BCUT2D eigenvalue weighted by atomic mass is 16.2. The minimum atomic E-state index is -0.414. The number of nitrogens with one attached hydrogen (secondary N) is 1. The van der Waals surface area contributed by atoms with Crippen LogP contribution in [0.25, 0.3) is 0 Å². The van der Waals surface area contributed by atoms with Gasteiger partial charge in [0.1, 0.15) is 0 Å². The number of benzene rings is 1. The van der Waals surface area contributed by atoms with Crippen molar-refractivity contribution in [1.29, 1.82) is 0 Å². The molecular weight excluding hydrogens is 224 g/mol. The van der Waals surface area contributed by atoms with E-state index in [2.05, 4.69) is 24.4 Å². The standard InChI is InChI=1S/C15H22N2O/c1-10(6-7-16)8-11-4-5-13-12(9-11)15(2,3)14(18)17-13/h4-5,9-10H,6-8,16H2,1-3H3,(H,17,18). The van der Waals surface area contributed by atoms with Gasteiger partial charge in [0.2, 0.25) is 5.91 Å². The zero-order chi connectivity index (χ0) is 13.3. The molecule has 1 aliphatic rings. The summed E-state index contributed by atoms with van der Waals surface area (Å²) in [7, 11) is 0. The molecule has 0 fully saturated rings. The zero-order valence-corrected chi connectivity index (χ0v) is 11.4. The summed E-state index contributed by atoms with van der Waals surface area (Å²) in [6.07, 6.45) is 2.06. The topological polar surface area (TPSA) is 55.1 Å². The highest BCUT2D eigenvalue weighted by molar-refractivity contribution is 6.05. The molecule has 98 valence electrons. The fourth-order valence-electron chi connectivity index (χ4n) is 2.53. The summed E-state index contributed by atoms with van der Waals surface area (Å²) in [5.74, 6) is 0.672. The van der Waals surface area contributed by atoms with E-state index in [1.165, 1.54) is 5.56 Å². The largest absolute Gasteiger partial charge is 0.330 e. The molecule has 1 aliphatic heterocycles. The van der Waals surface area contributed by atoms with Gasteiger partial charge in [0, 0.05) is 5.69 Å². The van der Waals surface area contributed by atoms with Crippen molar-refractivity contribution >= 4 is 11.6 Å². The van der Waals surface area contributed by atoms with E-state index in [4.69, 9.17) is 5.73 Å². The summed E-state index contributed by atoms with van der Waals surface area (Å²) in [5.41, 5.74) is 8.53. The molecule has 0 radical (unpaired) electrons. The monoisotopic (exact) mass is 246 g/mol. The van der Waals surface area contributed by atoms with Gasteiger partial charge in [-0.2, -0.15) is 0 Å². The van der Waals surface area contributed by atoms with E-state index < -0.39 is 5.41 Å². The maximum absolute atomic E-state index is 11.9. The first-order valence-corrected chi connectivity index (χ1v) is 6.60. The third-order valence-corrected chi connectivity index (χ3v) is 3.82. The van der Waals surface area contributed by atoms with E-state index in [1.54, 1.807) is 0 Å². The second-order valence-electron chi connectivity index (χ2n) is 5.85. The molecular formula is C15H22N2O. The number of carbonyl (C=O) groups excluding carboxylic acids is 1. The second kappa shape index (κ2) is 4.73.